The maximum absolute atomic E-state index is 4.52. The molecule has 1 aromatic rings. The predicted molar refractivity (Wildman–Crippen MR) is 76.8 cm³/mol. The highest BCUT2D eigenvalue weighted by atomic mass is 15.2. The highest BCUT2D eigenvalue weighted by molar-refractivity contribution is 5.41. The fourth-order valence-electron chi connectivity index (χ4n) is 2.35. The molecule has 0 aromatic carbocycles. The van der Waals surface area contributed by atoms with Crippen molar-refractivity contribution in [1.29, 1.82) is 0 Å². The third kappa shape index (κ3) is 3.45. The van der Waals surface area contributed by atoms with Gasteiger partial charge in [0.25, 0.3) is 0 Å². The first kappa shape index (κ1) is 13.3. The maximum Gasteiger partial charge on any atom is 0.128 e. The largest absolute Gasteiger partial charge is 0.357 e. The molecule has 0 radical (unpaired) electrons. The number of anilines is 1. The fraction of sp³-hybridized carbons (Fsp3) is 0.667. The molecule has 0 saturated carbocycles. The van der Waals surface area contributed by atoms with E-state index >= 15 is 0 Å². The molecule has 1 fully saturated rings. The number of piperidine rings is 1. The topological polar surface area (TPSA) is 28.2 Å². The first-order chi connectivity index (χ1) is 8.61. The summed E-state index contributed by atoms with van der Waals surface area (Å²) >= 11 is 0. The lowest BCUT2D eigenvalue weighted by atomic mass is 9.83. The molecule has 2 heterocycles. The SMILES string of the molecule is CCNCc1ccnc(N2CCC(C)(C)CC2)c1. The van der Waals surface area contributed by atoms with Crippen LogP contribution in [0.4, 0.5) is 5.82 Å². The van der Waals surface area contributed by atoms with E-state index in [0.717, 1.165) is 32.0 Å². The fourth-order valence-corrected chi connectivity index (χ4v) is 2.35. The first-order valence-electron chi connectivity index (χ1n) is 7.01. The van der Waals surface area contributed by atoms with E-state index in [4.69, 9.17) is 0 Å². The summed E-state index contributed by atoms with van der Waals surface area (Å²) < 4.78 is 0. The third-order valence-electron chi connectivity index (χ3n) is 3.83. The summed E-state index contributed by atoms with van der Waals surface area (Å²) in [6.07, 6.45) is 4.44. The lowest BCUT2D eigenvalue weighted by molar-refractivity contribution is 0.279. The lowest BCUT2D eigenvalue weighted by Crippen LogP contribution is -2.37. The molecule has 100 valence electrons. The molecule has 3 nitrogen and oxygen atoms in total. The first-order valence-corrected chi connectivity index (χ1v) is 7.01. The van der Waals surface area contributed by atoms with Crippen LogP contribution in [0.5, 0.6) is 0 Å². The Bertz CT molecular complexity index is 377. The van der Waals surface area contributed by atoms with Gasteiger partial charge in [0.05, 0.1) is 0 Å². The average Bonchev–Trinajstić information content (AvgIpc) is 2.37. The minimum atomic E-state index is 0.498. The molecular formula is C15H25N3. The number of rotatable bonds is 4. The molecule has 1 saturated heterocycles. The molecule has 18 heavy (non-hydrogen) atoms. The van der Waals surface area contributed by atoms with Gasteiger partial charge in [0.15, 0.2) is 0 Å². The zero-order valence-corrected chi connectivity index (χ0v) is 11.9. The highest BCUT2D eigenvalue weighted by Crippen LogP contribution is 2.31. The Kier molecular flexibility index (Phi) is 4.23. The Morgan fingerprint density at radius 3 is 2.72 bits per heavy atom. The van der Waals surface area contributed by atoms with E-state index in [2.05, 4.69) is 48.1 Å². The Balaban J connectivity index is 2.00. The Morgan fingerprint density at radius 2 is 2.06 bits per heavy atom. The molecule has 0 bridgehead atoms. The molecule has 3 heteroatoms. The summed E-state index contributed by atoms with van der Waals surface area (Å²) in [4.78, 5) is 6.93. The van der Waals surface area contributed by atoms with Gasteiger partial charge in [0.1, 0.15) is 5.82 Å². The van der Waals surface area contributed by atoms with Crippen LogP contribution in [0, 0.1) is 5.41 Å². The normalized spacial score (nSPS) is 18.9. The van der Waals surface area contributed by atoms with Gasteiger partial charge >= 0.3 is 0 Å². The van der Waals surface area contributed by atoms with E-state index in [1.165, 1.54) is 18.4 Å². The Hall–Kier alpha value is -1.09. The number of aromatic nitrogens is 1. The summed E-state index contributed by atoms with van der Waals surface area (Å²) in [5, 5.41) is 3.36. The van der Waals surface area contributed by atoms with E-state index in [1.807, 2.05) is 6.20 Å². The second-order valence-electron chi connectivity index (χ2n) is 5.95. The van der Waals surface area contributed by atoms with Gasteiger partial charge in [-0.1, -0.05) is 20.8 Å². The van der Waals surface area contributed by atoms with Gasteiger partial charge in [0, 0.05) is 25.8 Å². The van der Waals surface area contributed by atoms with E-state index < -0.39 is 0 Å². The molecule has 1 aromatic heterocycles. The molecule has 1 aliphatic rings. The van der Waals surface area contributed by atoms with Crippen molar-refractivity contribution in [1.82, 2.24) is 10.3 Å². The molecule has 0 aliphatic carbocycles. The zero-order chi connectivity index (χ0) is 13.0. The minimum Gasteiger partial charge on any atom is -0.357 e. The van der Waals surface area contributed by atoms with Crippen LogP contribution in [0.25, 0.3) is 0 Å². The lowest BCUT2D eigenvalue weighted by Gasteiger charge is -2.37. The minimum absolute atomic E-state index is 0.498. The summed E-state index contributed by atoms with van der Waals surface area (Å²) in [5.41, 5.74) is 1.82. The van der Waals surface area contributed by atoms with Crippen LogP contribution >= 0.6 is 0 Å². The van der Waals surface area contributed by atoms with E-state index in [0.29, 0.717) is 5.41 Å². The van der Waals surface area contributed by atoms with Crippen LogP contribution in [0.2, 0.25) is 0 Å². The summed E-state index contributed by atoms with van der Waals surface area (Å²) in [5.74, 6) is 1.14. The quantitative estimate of drug-likeness (QED) is 0.887. The van der Waals surface area contributed by atoms with E-state index in [9.17, 15) is 0 Å². The van der Waals surface area contributed by atoms with Crippen LogP contribution in [0.15, 0.2) is 18.3 Å². The van der Waals surface area contributed by atoms with Crippen molar-refractivity contribution in [3.05, 3.63) is 23.9 Å². The molecule has 1 N–H and O–H groups in total. The Labute approximate surface area is 111 Å². The van der Waals surface area contributed by atoms with Crippen LogP contribution < -0.4 is 10.2 Å². The summed E-state index contributed by atoms with van der Waals surface area (Å²) in [6.45, 7) is 11.1. The van der Waals surface area contributed by atoms with Crippen molar-refractivity contribution in [2.24, 2.45) is 5.41 Å². The Morgan fingerprint density at radius 1 is 1.33 bits per heavy atom. The van der Waals surface area contributed by atoms with Crippen molar-refractivity contribution in [3.63, 3.8) is 0 Å². The van der Waals surface area contributed by atoms with Gasteiger partial charge in [-0.2, -0.15) is 0 Å². The van der Waals surface area contributed by atoms with Crippen molar-refractivity contribution < 1.29 is 0 Å². The number of hydrogen-bond donors (Lipinski definition) is 1. The summed E-state index contributed by atoms with van der Waals surface area (Å²) in [6, 6.07) is 4.32. The van der Waals surface area contributed by atoms with Crippen LogP contribution in [0.1, 0.15) is 39.2 Å². The average molecular weight is 247 g/mol. The van der Waals surface area contributed by atoms with Crippen LogP contribution in [0.3, 0.4) is 0 Å². The second kappa shape index (κ2) is 5.70. The van der Waals surface area contributed by atoms with Crippen molar-refractivity contribution in [2.45, 2.75) is 40.2 Å². The molecule has 0 spiro atoms. The van der Waals surface area contributed by atoms with Crippen molar-refractivity contribution in [3.8, 4) is 0 Å². The van der Waals surface area contributed by atoms with Gasteiger partial charge in [-0.15, -0.1) is 0 Å². The van der Waals surface area contributed by atoms with Gasteiger partial charge < -0.3 is 10.2 Å². The number of nitrogens with one attached hydrogen (secondary N) is 1. The van der Waals surface area contributed by atoms with Crippen molar-refractivity contribution >= 4 is 5.82 Å². The molecule has 0 amide bonds. The van der Waals surface area contributed by atoms with Gasteiger partial charge in [0.2, 0.25) is 0 Å². The van der Waals surface area contributed by atoms with Crippen LogP contribution in [-0.2, 0) is 6.54 Å². The van der Waals surface area contributed by atoms with Gasteiger partial charge in [-0.3, -0.25) is 0 Å². The number of pyridine rings is 1. The molecule has 1 aliphatic heterocycles. The van der Waals surface area contributed by atoms with E-state index in [1.54, 1.807) is 0 Å². The second-order valence-corrected chi connectivity index (χ2v) is 5.95. The van der Waals surface area contributed by atoms with Crippen molar-refractivity contribution in [2.75, 3.05) is 24.5 Å². The maximum atomic E-state index is 4.52. The van der Waals surface area contributed by atoms with E-state index in [-0.39, 0.29) is 0 Å². The number of nitrogens with zero attached hydrogens (tertiary/aromatic N) is 2. The number of hydrogen-bond acceptors (Lipinski definition) is 3. The smallest absolute Gasteiger partial charge is 0.128 e. The van der Waals surface area contributed by atoms with Gasteiger partial charge in [-0.05, 0) is 42.5 Å². The highest BCUT2D eigenvalue weighted by Gasteiger charge is 2.25. The monoisotopic (exact) mass is 247 g/mol. The van der Waals surface area contributed by atoms with Crippen LogP contribution in [-0.4, -0.2) is 24.6 Å². The zero-order valence-electron chi connectivity index (χ0n) is 11.9. The molecular weight excluding hydrogens is 222 g/mol. The molecule has 2 rings (SSSR count). The molecule has 0 unspecified atom stereocenters. The predicted octanol–water partition coefficient (Wildman–Crippen LogP) is 2.82. The summed E-state index contributed by atoms with van der Waals surface area (Å²) in [7, 11) is 0. The standard InChI is InChI=1S/C15H25N3/c1-4-16-12-13-5-8-17-14(11-13)18-9-6-15(2,3)7-10-18/h5,8,11,16H,4,6-7,9-10,12H2,1-3H3. The molecule has 0 atom stereocenters. The van der Waals surface area contributed by atoms with Gasteiger partial charge in [-0.25, -0.2) is 4.98 Å². The third-order valence-corrected chi connectivity index (χ3v) is 3.83.